The molecular formula is C20H16N4O. The van der Waals surface area contributed by atoms with E-state index in [2.05, 4.69) is 20.5 Å². The van der Waals surface area contributed by atoms with Gasteiger partial charge < -0.3 is 4.98 Å². The van der Waals surface area contributed by atoms with Gasteiger partial charge in [0.2, 0.25) is 5.91 Å². The van der Waals surface area contributed by atoms with Crippen molar-refractivity contribution in [3.05, 3.63) is 78.1 Å². The monoisotopic (exact) mass is 328 g/mol. The zero-order chi connectivity index (χ0) is 17.1. The van der Waals surface area contributed by atoms with Crippen molar-refractivity contribution in [2.75, 3.05) is 0 Å². The molecule has 25 heavy (non-hydrogen) atoms. The molecule has 2 heterocycles. The van der Waals surface area contributed by atoms with E-state index in [1.807, 2.05) is 60.8 Å². The smallest absolute Gasteiger partial charge is 0.244 e. The lowest BCUT2D eigenvalue weighted by Crippen LogP contribution is -2.19. The van der Waals surface area contributed by atoms with E-state index < -0.39 is 0 Å². The number of fused-ring (bicyclic) bond motifs is 2. The van der Waals surface area contributed by atoms with Crippen LogP contribution in [0.5, 0.6) is 0 Å². The van der Waals surface area contributed by atoms with Crippen molar-refractivity contribution in [1.82, 2.24) is 15.4 Å². The quantitative estimate of drug-likeness (QED) is 0.445. The van der Waals surface area contributed by atoms with E-state index in [0.717, 1.165) is 32.9 Å². The van der Waals surface area contributed by atoms with Gasteiger partial charge in [0.25, 0.3) is 0 Å². The van der Waals surface area contributed by atoms with Crippen LogP contribution in [-0.4, -0.2) is 22.1 Å². The van der Waals surface area contributed by atoms with Gasteiger partial charge in [-0.2, -0.15) is 5.10 Å². The van der Waals surface area contributed by atoms with Crippen molar-refractivity contribution in [2.24, 2.45) is 5.10 Å². The molecule has 0 fully saturated rings. The minimum atomic E-state index is -0.153. The summed E-state index contributed by atoms with van der Waals surface area (Å²) in [5.74, 6) is -0.153. The lowest BCUT2D eigenvalue weighted by atomic mass is 10.1. The second-order valence-electron chi connectivity index (χ2n) is 5.75. The average molecular weight is 328 g/mol. The number of aromatic nitrogens is 2. The number of nitrogens with one attached hydrogen (secondary N) is 2. The fourth-order valence-corrected chi connectivity index (χ4v) is 2.89. The third-order valence-corrected chi connectivity index (χ3v) is 4.10. The molecule has 0 bridgehead atoms. The Morgan fingerprint density at radius 1 is 1.08 bits per heavy atom. The molecule has 5 heteroatoms. The summed E-state index contributed by atoms with van der Waals surface area (Å²) in [6, 6.07) is 17.6. The number of nitrogens with zero attached hydrogens (tertiary/aromatic N) is 2. The van der Waals surface area contributed by atoms with Crippen LogP contribution in [0.25, 0.3) is 21.8 Å². The van der Waals surface area contributed by atoms with Gasteiger partial charge >= 0.3 is 0 Å². The van der Waals surface area contributed by atoms with Gasteiger partial charge in [-0.25, -0.2) is 5.43 Å². The number of amides is 1. The van der Waals surface area contributed by atoms with E-state index in [1.54, 1.807) is 12.4 Å². The molecule has 0 saturated carbocycles. The summed E-state index contributed by atoms with van der Waals surface area (Å²) >= 11 is 0. The van der Waals surface area contributed by atoms with Gasteiger partial charge in [-0.05, 0) is 23.8 Å². The highest BCUT2D eigenvalue weighted by Crippen LogP contribution is 2.18. The number of rotatable bonds is 4. The second kappa shape index (κ2) is 6.57. The minimum absolute atomic E-state index is 0.153. The topological polar surface area (TPSA) is 70.1 Å². The predicted molar refractivity (Wildman–Crippen MR) is 99.5 cm³/mol. The molecule has 2 N–H and O–H groups in total. The minimum Gasteiger partial charge on any atom is -0.361 e. The molecule has 5 nitrogen and oxygen atoms in total. The summed E-state index contributed by atoms with van der Waals surface area (Å²) in [6.45, 7) is 0. The van der Waals surface area contributed by atoms with Crippen molar-refractivity contribution in [3.63, 3.8) is 0 Å². The highest BCUT2D eigenvalue weighted by molar-refractivity contribution is 5.98. The van der Waals surface area contributed by atoms with Crippen LogP contribution in [0.2, 0.25) is 0 Å². The Morgan fingerprint density at radius 2 is 1.88 bits per heavy atom. The van der Waals surface area contributed by atoms with E-state index in [0.29, 0.717) is 0 Å². The number of para-hydroxylation sites is 2. The van der Waals surface area contributed by atoms with Gasteiger partial charge in [-0.3, -0.25) is 9.78 Å². The molecule has 0 atom stereocenters. The highest BCUT2D eigenvalue weighted by atomic mass is 16.2. The highest BCUT2D eigenvalue weighted by Gasteiger charge is 2.07. The van der Waals surface area contributed by atoms with Crippen LogP contribution in [0.3, 0.4) is 0 Å². The van der Waals surface area contributed by atoms with Crippen LogP contribution in [0, 0.1) is 0 Å². The molecule has 4 aromatic rings. The molecule has 4 rings (SSSR count). The first-order valence-electron chi connectivity index (χ1n) is 8.02. The number of pyridine rings is 1. The van der Waals surface area contributed by atoms with Gasteiger partial charge in [0.1, 0.15) is 0 Å². The van der Waals surface area contributed by atoms with Crippen LogP contribution in [0.4, 0.5) is 0 Å². The average Bonchev–Trinajstić information content (AvgIpc) is 3.05. The van der Waals surface area contributed by atoms with Gasteiger partial charge in [-0.1, -0.05) is 36.4 Å². The van der Waals surface area contributed by atoms with Gasteiger partial charge in [0.05, 0.1) is 18.2 Å². The molecule has 1 amide bonds. The van der Waals surface area contributed by atoms with E-state index in [1.165, 1.54) is 0 Å². The number of hydrazone groups is 1. The van der Waals surface area contributed by atoms with Crippen LogP contribution in [0.15, 0.2) is 72.1 Å². The van der Waals surface area contributed by atoms with Crippen LogP contribution >= 0.6 is 0 Å². The van der Waals surface area contributed by atoms with E-state index in [4.69, 9.17) is 0 Å². The SMILES string of the molecule is O=C(Cc1c[nH]c2ccccc12)N/N=C/c1ccnc2ccccc12. The van der Waals surface area contributed by atoms with Crippen LogP contribution < -0.4 is 5.43 Å². The number of benzene rings is 2. The van der Waals surface area contributed by atoms with Crippen LogP contribution in [-0.2, 0) is 11.2 Å². The zero-order valence-corrected chi connectivity index (χ0v) is 13.4. The Hall–Kier alpha value is -3.47. The fourth-order valence-electron chi connectivity index (χ4n) is 2.89. The Bertz CT molecular complexity index is 1080. The first kappa shape index (κ1) is 15.1. The number of hydrogen-bond donors (Lipinski definition) is 2. The molecule has 0 radical (unpaired) electrons. The number of H-pyrrole nitrogens is 1. The normalized spacial score (nSPS) is 11.4. The number of carbonyl (C=O) groups is 1. The predicted octanol–water partition coefficient (Wildman–Crippen LogP) is 3.41. The van der Waals surface area contributed by atoms with Crippen molar-refractivity contribution in [2.45, 2.75) is 6.42 Å². The van der Waals surface area contributed by atoms with Crippen LogP contribution in [0.1, 0.15) is 11.1 Å². The largest absolute Gasteiger partial charge is 0.361 e. The molecule has 2 aromatic heterocycles. The molecular weight excluding hydrogens is 312 g/mol. The summed E-state index contributed by atoms with van der Waals surface area (Å²) in [5.41, 5.74) is 6.39. The Morgan fingerprint density at radius 3 is 2.80 bits per heavy atom. The Labute approximate surface area is 144 Å². The third kappa shape index (κ3) is 3.12. The molecule has 0 spiro atoms. The summed E-state index contributed by atoms with van der Waals surface area (Å²) in [5, 5.41) is 6.15. The fraction of sp³-hybridized carbons (Fsp3) is 0.0500. The molecule has 122 valence electrons. The maximum atomic E-state index is 12.2. The lowest BCUT2D eigenvalue weighted by molar-refractivity contribution is -0.120. The van der Waals surface area contributed by atoms with Gasteiger partial charge in [-0.15, -0.1) is 0 Å². The van der Waals surface area contributed by atoms with Crippen molar-refractivity contribution >= 4 is 33.9 Å². The summed E-state index contributed by atoms with van der Waals surface area (Å²) in [4.78, 5) is 19.6. The first-order valence-corrected chi connectivity index (χ1v) is 8.02. The van der Waals surface area contributed by atoms with E-state index in [9.17, 15) is 4.79 Å². The molecule has 2 aromatic carbocycles. The molecule has 0 aliphatic carbocycles. The maximum absolute atomic E-state index is 12.2. The molecule has 0 aliphatic heterocycles. The summed E-state index contributed by atoms with van der Waals surface area (Å²) < 4.78 is 0. The van der Waals surface area contributed by atoms with E-state index in [-0.39, 0.29) is 12.3 Å². The first-order chi connectivity index (χ1) is 12.3. The Kier molecular flexibility index (Phi) is 3.96. The summed E-state index contributed by atoms with van der Waals surface area (Å²) in [6.07, 6.45) is 5.53. The standard InChI is InChI=1S/C20H16N4O/c25-20(11-15-12-22-19-8-4-2-6-17(15)19)24-23-13-14-9-10-21-18-7-3-1-5-16(14)18/h1-10,12-13,22H,11H2,(H,24,25)/b23-13+. The number of carbonyl (C=O) groups excluding carboxylic acids is 1. The Balaban J connectivity index is 1.47. The zero-order valence-electron chi connectivity index (χ0n) is 13.4. The lowest BCUT2D eigenvalue weighted by Gasteiger charge is -2.01. The maximum Gasteiger partial charge on any atom is 0.244 e. The van der Waals surface area contributed by atoms with Gasteiger partial charge in [0.15, 0.2) is 0 Å². The number of aromatic amines is 1. The van der Waals surface area contributed by atoms with E-state index >= 15 is 0 Å². The number of hydrogen-bond acceptors (Lipinski definition) is 3. The van der Waals surface area contributed by atoms with Crippen molar-refractivity contribution in [3.8, 4) is 0 Å². The third-order valence-electron chi connectivity index (χ3n) is 4.10. The molecule has 0 unspecified atom stereocenters. The van der Waals surface area contributed by atoms with Gasteiger partial charge in [0, 0.05) is 34.2 Å². The van der Waals surface area contributed by atoms with Crippen molar-refractivity contribution < 1.29 is 4.79 Å². The van der Waals surface area contributed by atoms with Crippen molar-refractivity contribution in [1.29, 1.82) is 0 Å². The second-order valence-corrected chi connectivity index (χ2v) is 5.75. The molecule has 0 saturated heterocycles. The summed E-state index contributed by atoms with van der Waals surface area (Å²) in [7, 11) is 0. The molecule has 0 aliphatic rings.